The molecule has 0 amide bonds. The van der Waals surface area contributed by atoms with E-state index in [2.05, 4.69) is 87.6 Å². The third kappa shape index (κ3) is 2.35. The minimum atomic E-state index is -0.0898. The Morgan fingerprint density at radius 1 is 1.08 bits per heavy atom. The molecule has 0 saturated heterocycles. The summed E-state index contributed by atoms with van der Waals surface area (Å²) < 4.78 is 0. The molecule has 0 aromatic heterocycles. The van der Waals surface area contributed by atoms with Crippen LogP contribution in [0.4, 0.5) is 0 Å². The Morgan fingerprint density at radius 3 is 2.65 bits per heavy atom. The third-order valence-corrected chi connectivity index (χ3v) is 6.08. The molecule has 0 radical (unpaired) electrons. The largest absolute Gasteiger partial charge is 0.0873 e. The molecule has 1 aromatic rings. The predicted molar refractivity (Wildman–Crippen MR) is 113 cm³/mol. The second-order valence-corrected chi connectivity index (χ2v) is 7.54. The molecule has 0 fully saturated rings. The fraction of sp³-hybridized carbons (Fsp3) is 0.308. The SMILES string of the molecule is C/C=C\C(=C/C)C1(C2=CC=CCC2)C2=C(C=CCC2)c2ccc(C)cc21. The van der Waals surface area contributed by atoms with Crippen LogP contribution in [-0.4, -0.2) is 0 Å². The second kappa shape index (κ2) is 6.76. The van der Waals surface area contributed by atoms with Gasteiger partial charge in [0.15, 0.2) is 0 Å². The molecule has 0 heterocycles. The van der Waals surface area contributed by atoms with Crippen molar-refractivity contribution in [1.29, 1.82) is 0 Å². The van der Waals surface area contributed by atoms with E-state index in [1.165, 1.54) is 27.8 Å². The van der Waals surface area contributed by atoms with Gasteiger partial charge in [-0.25, -0.2) is 0 Å². The molecule has 26 heavy (non-hydrogen) atoms. The van der Waals surface area contributed by atoms with E-state index in [-0.39, 0.29) is 5.41 Å². The lowest BCUT2D eigenvalue weighted by Gasteiger charge is -2.40. The van der Waals surface area contributed by atoms with Crippen molar-refractivity contribution in [2.75, 3.05) is 0 Å². The zero-order valence-corrected chi connectivity index (χ0v) is 16.2. The van der Waals surface area contributed by atoms with Crippen LogP contribution >= 0.6 is 0 Å². The summed E-state index contributed by atoms with van der Waals surface area (Å²) in [7, 11) is 0. The molecule has 3 aliphatic rings. The van der Waals surface area contributed by atoms with E-state index in [1.54, 1.807) is 11.1 Å². The van der Waals surface area contributed by atoms with Crippen molar-refractivity contribution in [3.05, 3.63) is 100 Å². The van der Waals surface area contributed by atoms with Crippen molar-refractivity contribution in [2.45, 2.75) is 51.9 Å². The van der Waals surface area contributed by atoms with Crippen molar-refractivity contribution >= 4 is 5.57 Å². The summed E-state index contributed by atoms with van der Waals surface area (Å²) in [5.41, 5.74) is 10.2. The van der Waals surface area contributed by atoms with Gasteiger partial charge in [0.05, 0.1) is 5.41 Å². The van der Waals surface area contributed by atoms with Crippen molar-refractivity contribution in [3.8, 4) is 0 Å². The van der Waals surface area contributed by atoms with Gasteiger partial charge in [0.25, 0.3) is 0 Å². The van der Waals surface area contributed by atoms with E-state index >= 15 is 0 Å². The van der Waals surface area contributed by atoms with E-state index in [0.29, 0.717) is 0 Å². The Kier molecular flexibility index (Phi) is 4.44. The standard InChI is InChI=1S/C26H28/c1-4-11-20(5-2)26(21-12-7-6-8-13-21)24-15-10-9-14-22(24)23-17-16-19(3)18-25(23)26/h4-7,9,11-12,14,16-18H,8,10,13,15H2,1-3H3/b11-4-,20-5+. The van der Waals surface area contributed by atoms with Gasteiger partial charge in [-0.3, -0.25) is 0 Å². The summed E-state index contributed by atoms with van der Waals surface area (Å²) in [6, 6.07) is 7.05. The van der Waals surface area contributed by atoms with Gasteiger partial charge < -0.3 is 0 Å². The zero-order valence-electron chi connectivity index (χ0n) is 16.2. The van der Waals surface area contributed by atoms with Gasteiger partial charge in [-0.15, -0.1) is 0 Å². The summed E-state index contributed by atoms with van der Waals surface area (Å²) in [6.07, 6.45) is 23.1. The lowest BCUT2D eigenvalue weighted by molar-refractivity contribution is 0.642. The average molecular weight is 341 g/mol. The molecule has 0 heteroatoms. The molecule has 3 aliphatic carbocycles. The van der Waals surface area contributed by atoms with Crippen molar-refractivity contribution in [1.82, 2.24) is 0 Å². The number of rotatable bonds is 3. The maximum Gasteiger partial charge on any atom is 0.0636 e. The molecular formula is C26H28. The molecular weight excluding hydrogens is 312 g/mol. The first-order chi connectivity index (χ1) is 12.7. The van der Waals surface area contributed by atoms with Gasteiger partial charge >= 0.3 is 0 Å². The summed E-state index contributed by atoms with van der Waals surface area (Å²) in [5.74, 6) is 0. The lowest BCUT2D eigenvalue weighted by atomic mass is 9.62. The molecule has 132 valence electrons. The first kappa shape index (κ1) is 17.1. The Bertz CT molecular complexity index is 911. The highest BCUT2D eigenvalue weighted by atomic mass is 14.5. The quantitative estimate of drug-likeness (QED) is 0.513. The minimum absolute atomic E-state index is 0.0898. The van der Waals surface area contributed by atoms with E-state index < -0.39 is 0 Å². The molecule has 0 N–H and O–H groups in total. The Balaban J connectivity index is 2.12. The highest BCUT2D eigenvalue weighted by molar-refractivity contribution is 5.91. The summed E-state index contributed by atoms with van der Waals surface area (Å²) in [4.78, 5) is 0. The van der Waals surface area contributed by atoms with Crippen LogP contribution in [0.3, 0.4) is 0 Å². The summed E-state index contributed by atoms with van der Waals surface area (Å²) >= 11 is 0. The average Bonchev–Trinajstić information content (AvgIpc) is 2.97. The van der Waals surface area contributed by atoms with Crippen LogP contribution in [0, 0.1) is 6.92 Å². The van der Waals surface area contributed by atoms with Crippen LogP contribution < -0.4 is 0 Å². The highest BCUT2D eigenvalue weighted by Crippen LogP contribution is 2.59. The monoisotopic (exact) mass is 340 g/mol. The van der Waals surface area contributed by atoms with Gasteiger partial charge in [-0.2, -0.15) is 0 Å². The fourth-order valence-corrected chi connectivity index (χ4v) is 5.09. The van der Waals surface area contributed by atoms with Crippen molar-refractivity contribution in [2.24, 2.45) is 0 Å². The van der Waals surface area contributed by atoms with E-state index in [9.17, 15) is 0 Å². The van der Waals surface area contributed by atoms with Crippen LogP contribution in [0.1, 0.15) is 56.2 Å². The zero-order chi connectivity index (χ0) is 18.1. The first-order valence-electron chi connectivity index (χ1n) is 9.90. The minimum Gasteiger partial charge on any atom is -0.0873 e. The third-order valence-electron chi connectivity index (χ3n) is 6.08. The van der Waals surface area contributed by atoms with Crippen LogP contribution in [0.5, 0.6) is 0 Å². The molecule has 1 aromatic carbocycles. The van der Waals surface area contributed by atoms with Gasteiger partial charge in [0, 0.05) is 0 Å². The number of fused-ring (bicyclic) bond motifs is 2. The number of benzene rings is 1. The number of allylic oxidation sites excluding steroid dienone is 12. The second-order valence-electron chi connectivity index (χ2n) is 7.54. The molecule has 4 rings (SSSR count). The normalized spacial score (nSPS) is 24.9. The van der Waals surface area contributed by atoms with Crippen LogP contribution in [-0.2, 0) is 5.41 Å². The fourth-order valence-electron chi connectivity index (χ4n) is 5.09. The maximum atomic E-state index is 2.44. The van der Waals surface area contributed by atoms with Crippen LogP contribution in [0.15, 0.2) is 83.5 Å². The molecule has 0 aliphatic heterocycles. The highest BCUT2D eigenvalue weighted by Gasteiger charge is 2.48. The first-order valence-corrected chi connectivity index (χ1v) is 9.90. The van der Waals surface area contributed by atoms with Gasteiger partial charge in [-0.1, -0.05) is 77.9 Å². The Morgan fingerprint density at radius 2 is 1.92 bits per heavy atom. The van der Waals surface area contributed by atoms with Crippen LogP contribution in [0.25, 0.3) is 5.57 Å². The van der Waals surface area contributed by atoms with Gasteiger partial charge in [0.2, 0.25) is 0 Å². The smallest absolute Gasteiger partial charge is 0.0636 e. The predicted octanol–water partition coefficient (Wildman–Crippen LogP) is 7.15. The molecule has 0 bridgehead atoms. The Labute approximate surface area is 158 Å². The molecule has 0 spiro atoms. The number of hydrogen-bond donors (Lipinski definition) is 0. The molecule has 1 atom stereocenters. The lowest BCUT2D eigenvalue weighted by Crippen LogP contribution is -2.32. The van der Waals surface area contributed by atoms with Gasteiger partial charge in [-0.05, 0) is 74.3 Å². The molecule has 0 saturated carbocycles. The van der Waals surface area contributed by atoms with E-state index in [4.69, 9.17) is 0 Å². The summed E-state index contributed by atoms with van der Waals surface area (Å²) in [5, 5.41) is 0. The van der Waals surface area contributed by atoms with Crippen molar-refractivity contribution < 1.29 is 0 Å². The van der Waals surface area contributed by atoms with Crippen molar-refractivity contribution in [3.63, 3.8) is 0 Å². The number of aryl methyl sites for hydroxylation is 1. The van der Waals surface area contributed by atoms with Crippen LogP contribution in [0.2, 0.25) is 0 Å². The topological polar surface area (TPSA) is 0 Å². The Hall–Kier alpha value is -2.34. The van der Waals surface area contributed by atoms with E-state index in [1.807, 2.05) is 0 Å². The summed E-state index contributed by atoms with van der Waals surface area (Å²) in [6.45, 7) is 6.55. The maximum absolute atomic E-state index is 2.44. The van der Waals surface area contributed by atoms with E-state index in [0.717, 1.165) is 25.7 Å². The number of hydrogen-bond acceptors (Lipinski definition) is 0. The molecule has 1 unspecified atom stereocenters. The molecule has 0 nitrogen and oxygen atoms in total. The van der Waals surface area contributed by atoms with Gasteiger partial charge in [0.1, 0.15) is 0 Å².